The third-order valence-corrected chi connectivity index (χ3v) is 8.53. The molecule has 1 aromatic rings. The summed E-state index contributed by atoms with van der Waals surface area (Å²) in [7, 11) is 0. The van der Waals surface area contributed by atoms with Crippen molar-refractivity contribution in [1.82, 2.24) is 4.98 Å². The Morgan fingerprint density at radius 3 is 2.81 bits per heavy atom. The molecule has 4 aliphatic carbocycles. The molecule has 1 heterocycles. The maximum Gasteiger partial charge on any atom is 0.122 e. The van der Waals surface area contributed by atoms with Crippen LogP contribution in [0.5, 0.6) is 0 Å². The van der Waals surface area contributed by atoms with Crippen LogP contribution in [0.25, 0.3) is 5.57 Å². The first-order valence-electron chi connectivity index (χ1n) is 10.5. The molecule has 27 heavy (non-hydrogen) atoms. The summed E-state index contributed by atoms with van der Waals surface area (Å²) in [6.45, 7) is 4.71. The van der Waals surface area contributed by atoms with E-state index in [0.29, 0.717) is 29.9 Å². The summed E-state index contributed by atoms with van der Waals surface area (Å²) in [5.41, 5.74) is 4.32. The second-order valence-corrected chi connectivity index (χ2v) is 9.67. The van der Waals surface area contributed by atoms with Gasteiger partial charge >= 0.3 is 0 Å². The van der Waals surface area contributed by atoms with Crippen molar-refractivity contribution in [3.8, 4) is 0 Å². The fourth-order valence-corrected chi connectivity index (χ4v) is 7.12. The fourth-order valence-electron chi connectivity index (χ4n) is 7.12. The van der Waals surface area contributed by atoms with Crippen LogP contribution in [-0.4, -0.2) is 16.9 Å². The van der Waals surface area contributed by atoms with E-state index >= 15 is 4.39 Å². The van der Waals surface area contributed by atoms with Gasteiger partial charge in [0.1, 0.15) is 6.17 Å². The number of pyridine rings is 1. The van der Waals surface area contributed by atoms with Gasteiger partial charge in [0.25, 0.3) is 0 Å². The van der Waals surface area contributed by atoms with Crippen LogP contribution >= 0.6 is 0 Å². The highest BCUT2D eigenvalue weighted by Gasteiger charge is 2.59. The van der Waals surface area contributed by atoms with Crippen molar-refractivity contribution in [2.45, 2.75) is 58.5 Å². The summed E-state index contributed by atoms with van der Waals surface area (Å²) >= 11 is 0. The van der Waals surface area contributed by atoms with Crippen molar-refractivity contribution in [3.63, 3.8) is 0 Å². The zero-order valence-corrected chi connectivity index (χ0v) is 16.3. The third-order valence-electron chi connectivity index (χ3n) is 8.53. The molecule has 0 aromatic carbocycles. The van der Waals surface area contributed by atoms with Gasteiger partial charge in [-0.15, -0.1) is 0 Å². The van der Waals surface area contributed by atoms with Crippen LogP contribution in [0, 0.1) is 34.0 Å². The van der Waals surface area contributed by atoms with E-state index in [1.807, 2.05) is 24.5 Å². The normalized spacial score (nSPS) is 43.3. The van der Waals surface area contributed by atoms with E-state index in [1.165, 1.54) is 24.0 Å². The molecule has 4 aliphatic rings. The molecule has 1 N–H and O–H groups in total. The number of nitrogens with one attached hydrogen (secondary N) is 1. The van der Waals surface area contributed by atoms with Crippen LogP contribution in [0.2, 0.25) is 0 Å². The van der Waals surface area contributed by atoms with Gasteiger partial charge in [0.15, 0.2) is 0 Å². The lowest BCUT2D eigenvalue weighted by atomic mass is 9.46. The first-order chi connectivity index (χ1) is 12.9. The molecule has 5 rings (SSSR count). The number of allylic oxidation sites excluding steroid dienone is 4. The molecule has 2 saturated carbocycles. The molecule has 142 valence electrons. The van der Waals surface area contributed by atoms with E-state index in [4.69, 9.17) is 5.41 Å². The highest BCUT2D eigenvalue weighted by atomic mass is 19.1. The van der Waals surface area contributed by atoms with E-state index in [0.717, 1.165) is 24.8 Å². The van der Waals surface area contributed by atoms with Crippen LogP contribution in [0.4, 0.5) is 4.39 Å². The van der Waals surface area contributed by atoms with E-state index in [9.17, 15) is 0 Å². The Balaban J connectivity index is 1.51. The Bertz CT molecular complexity index is 841. The van der Waals surface area contributed by atoms with Gasteiger partial charge in [-0.1, -0.05) is 26.0 Å². The van der Waals surface area contributed by atoms with Gasteiger partial charge in [0, 0.05) is 18.1 Å². The van der Waals surface area contributed by atoms with E-state index < -0.39 is 6.17 Å². The SMILES string of the molecule is C[C@]12CCC(=N)C=C1C(F)C[C@@H]1[C@@H]2CC[C@]2(C)C(c3cccnc3)=CC[C@@H]12. The quantitative estimate of drug-likeness (QED) is 0.651. The standard InChI is InChI=1S/C24H29FN2/c1-23-10-8-20-17(13-22(25)21-12-16(26)7-9-24(20,21)2)19(23)6-5-18(23)15-4-3-11-27-14-15/h3-5,11-12,14,17,19-20,22,26H,6-10,13H2,1-2H3/t17-,19-,20-,22?,23+,24+/m0/s1. The van der Waals surface area contributed by atoms with Gasteiger partial charge in [-0.3, -0.25) is 4.98 Å². The lowest BCUT2D eigenvalue weighted by molar-refractivity contribution is -0.0392. The molecule has 1 aromatic heterocycles. The second kappa shape index (κ2) is 5.86. The zero-order chi connectivity index (χ0) is 18.8. The van der Waals surface area contributed by atoms with E-state index in [1.54, 1.807) is 0 Å². The van der Waals surface area contributed by atoms with Gasteiger partial charge in [-0.2, -0.15) is 0 Å². The Kier molecular flexibility index (Phi) is 3.76. The molecule has 2 nitrogen and oxygen atoms in total. The van der Waals surface area contributed by atoms with Crippen molar-refractivity contribution in [2.75, 3.05) is 0 Å². The molecule has 0 saturated heterocycles. The fraction of sp³-hybridized carbons (Fsp3) is 0.583. The van der Waals surface area contributed by atoms with E-state index in [-0.39, 0.29) is 10.8 Å². The topological polar surface area (TPSA) is 36.7 Å². The number of hydrogen-bond donors (Lipinski definition) is 1. The average Bonchev–Trinajstić information content (AvgIpc) is 3.01. The van der Waals surface area contributed by atoms with Crippen LogP contribution in [0.1, 0.15) is 57.9 Å². The van der Waals surface area contributed by atoms with Crippen LogP contribution in [0.15, 0.2) is 42.3 Å². The molecule has 6 atom stereocenters. The van der Waals surface area contributed by atoms with Crippen molar-refractivity contribution in [3.05, 3.63) is 47.8 Å². The summed E-state index contributed by atoms with van der Waals surface area (Å²) in [4.78, 5) is 4.34. The molecule has 2 fully saturated rings. The minimum absolute atomic E-state index is 0.0503. The molecule has 0 spiro atoms. The maximum absolute atomic E-state index is 15.3. The second-order valence-electron chi connectivity index (χ2n) is 9.67. The van der Waals surface area contributed by atoms with Crippen molar-refractivity contribution < 1.29 is 4.39 Å². The predicted molar refractivity (Wildman–Crippen MR) is 107 cm³/mol. The van der Waals surface area contributed by atoms with Gasteiger partial charge in [-0.05, 0) is 96.0 Å². The summed E-state index contributed by atoms with van der Waals surface area (Å²) in [5.74, 6) is 1.53. The maximum atomic E-state index is 15.3. The van der Waals surface area contributed by atoms with Gasteiger partial charge < -0.3 is 5.41 Å². The van der Waals surface area contributed by atoms with E-state index in [2.05, 4.69) is 31.0 Å². The lowest BCUT2D eigenvalue weighted by Gasteiger charge is -2.58. The molecule has 0 bridgehead atoms. The van der Waals surface area contributed by atoms with Crippen molar-refractivity contribution in [2.24, 2.45) is 28.6 Å². The molecule has 3 heteroatoms. The Morgan fingerprint density at radius 2 is 2.04 bits per heavy atom. The Hall–Kier alpha value is -1.77. The molecule has 1 unspecified atom stereocenters. The van der Waals surface area contributed by atoms with Crippen LogP contribution in [-0.2, 0) is 0 Å². The molecule has 0 radical (unpaired) electrons. The predicted octanol–water partition coefficient (Wildman–Crippen LogP) is 6.01. The number of halogens is 1. The minimum atomic E-state index is -0.873. The highest BCUT2D eigenvalue weighted by molar-refractivity contribution is 5.94. The summed E-state index contributed by atoms with van der Waals surface area (Å²) in [6.07, 6.45) is 13.1. The van der Waals surface area contributed by atoms with Crippen molar-refractivity contribution >= 4 is 11.3 Å². The van der Waals surface area contributed by atoms with Crippen LogP contribution < -0.4 is 0 Å². The number of rotatable bonds is 1. The highest BCUT2D eigenvalue weighted by Crippen LogP contribution is 2.66. The zero-order valence-electron chi connectivity index (χ0n) is 16.3. The summed E-state index contributed by atoms with van der Waals surface area (Å²) < 4.78 is 15.3. The first-order valence-corrected chi connectivity index (χ1v) is 10.5. The number of alkyl halides is 1. The monoisotopic (exact) mass is 364 g/mol. The third kappa shape index (κ3) is 2.36. The number of fused-ring (bicyclic) bond motifs is 5. The minimum Gasteiger partial charge on any atom is -0.305 e. The Labute approximate surface area is 161 Å². The van der Waals surface area contributed by atoms with Crippen LogP contribution in [0.3, 0.4) is 0 Å². The number of nitrogens with zero attached hydrogens (tertiary/aromatic N) is 1. The Morgan fingerprint density at radius 1 is 1.19 bits per heavy atom. The molecular weight excluding hydrogens is 335 g/mol. The molecule has 0 aliphatic heterocycles. The lowest BCUT2D eigenvalue weighted by Crippen LogP contribution is -2.52. The molecular formula is C24H29FN2. The smallest absolute Gasteiger partial charge is 0.122 e. The largest absolute Gasteiger partial charge is 0.305 e. The molecule has 0 amide bonds. The van der Waals surface area contributed by atoms with Gasteiger partial charge in [-0.25, -0.2) is 4.39 Å². The van der Waals surface area contributed by atoms with Crippen molar-refractivity contribution in [1.29, 1.82) is 5.41 Å². The van der Waals surface area contributed by atoms with Gasteiger partial charge in [0.05, 0.1) is 0 Å². The van der Waals surface area contributed by atoms with Gasteiger partial charge in [0.2, 0.25) is 0 Å². The number of aromatic nitrogens is 1. The summed E-state index contributed by atoms with van der Waals surface area (Å²) in [6, 6.07) is 4.19. The average molecular weight is 365 g/mol. The number of hydrogen-bond acceptors (Lipinski definition) is 2. The first kappa shape index (κ1) is 17.3. The summed E-state index contributed by atoms with van der Waals surface area (Å²) in [5, 5.41) is 8.03.